The van der Waals surface area contributed by atoms with Crippen molar-refractivity contribution in [2.75, 3.05) is 5.32 Å². The fourth-order valence-electron chi connectivity index (χ4n) is 3.30. The standard InChI is InChI=1S/C19H20N4O2/c1-12-16(20-19(25-12)13-7-4-3-5-8-13)11-17(24)21-18-14-9-6-10-15(14)22-23(18)2/h3-5,7-8H,6,9-11H2,1-2H3,(H,21,24). The highest BCUT2D eigenvalue weighted by Crippen LogP contribution is 2.28. The van der Waals surface area contributed by atoms with Gasteiger partial charge in [-0.2, -0.15) is 5.10 Å². The number of carbonyl (C=O) groups excluding carboxylic acids is 1. The van der Waals surface area contributed by atoms with E-state index in [1.165, 1.54) is 0 Å². The van der Waals surface area contributed by atoms with Gasteiger partial charge < -0.3 is 9.73 Å². The molecule has 0 fully saturated rings. The highest BCUT2D eigenvalue weighted by molar-refractivity contribution is 5.92. The maximum atomic E-state index is 12.5. The zero-order valence-electron chi connectivity index (χ0n) is 14.4. The second-order valence-corrected chi connectivity index (χ2v) is 6.36. The van der Waals surface area contributed by atoms with Crippen molar-refractivity contribution >= 4 is 11.7 Å². The summed E-state index contributed by atoms with van der Waals surface area (Å²) in [5.41, 5.74) is 3.83. The molecule has 6 heteroatoms. The van der Waals surface area contributed by atoms with Gasteiger partial charge in [-0.05, 0) is 38.3 Å². The molecular weight excluding hydrogens is 316 g/mol. The lowest BCUT2D eigenvalue weighted by Crippen LogP contribution is -2.18. The van der Waals surface area contributed by atoms with Crippen molar-refractivity contribution in [3.63, 3.8) is 0 Å². The molecule has 0 aliphatic heterocycles. The quantitative estimate of drug-likeness (QED) is 0.795. The molecule has 1 amide bonds. The summed E-state index contributed by atoms with van der Waals surface area (Å²) in [6, 6.07) is 9.69. The Kier molecular flexibility index (Phi) is 3.87. The number of carbonyl (C=O) groups is 1. The molecule has 0 saturated heterocycles. The normalized spacial score (nSPS) is 13.0. The van der Waals surface area contributed by atoms with Crippen molar-refractivity contribution in [3.8, 4) is 11.5 Å². The maximum Gasteiger partial charge on any atom is 0.231 e. The minimum absolute atomic E-state index is 0.103. The average molecular weight is 336 g/mol. The van der Waals surface area contributed by atoms with E-state index < -0.39 is 0 Å². The first-order chi connectivity index (χ1) is 12.1. The first-order valence-corrected chi connectivity index (χ1v) is 8.48. The van der Waals surface area contributed by atoms with Gasteiger partial charge in [0, 0.05) is 18.2 Å². The molecule has 1 N–H and O–H groups in total. The Bertz CT molecular complexity index is 925. The monoisotopic (exact) mass is 336 g/mol. The van der Waals surface area contributed by atoms with Crippen molar-refractivity contribution in [2.24, 2.45) is 7.05 Å². The average Bonchev–Trinajstić information content (AvgIpc) is 3.27. The number of nitrogens with one attached hydrogen (secondary N) is 1. The largest absolute Gasteiger partial charge is 0.441 e. The number of benzene rings is 1. The summed E-state index contributed by atoms with van der Waals surface area (Å²) in [7, 11) is 1.86. The summed E-state index contributed by atoms with van der Waals surface area (Å²) in [5, 5.41) is 7.48. The van der Waals surface area contributed by atoms with Crippen molar-refractivity contribution in [1.82, 2.24) is 14.8 Å². The minimum atomic E-state index is -0.103. The smallest absolute Gasteiger partial charge is 0.231 e. The first kappa shape index (κ1) is 15.6. The van der Waals surface area contributed by atoms with Gasteiger partial charge in [0.1, 0.15) is 11.6 Å². The van der Waals surface area contributed by atoms with Crippen LogP contribution in [0.25, 0.3) is 11.5 Å². The molecule has 25 heavy (non-hydrogen) atoms. The van der Waals surface area contributed by atoms with Gasteiger partial charge >= 0.3 is 0 Å². The van der Waals surface area contributed by atoms with Crippen LogP contribution in [0.2, 0.25) is 0 Å². The zero-order chi connectivity index (χ0) is 17.4. The Labute approximate surface area is 145 Å². The topological polar surface area (TPSA) is 73.0 Å². The molecule has 0 atom stereocenters. The van der Waals surface area contributed by atoms with E-state index in [9.17, 15) is 4.79 Å². The van der Waals surface area contributed by atoms with E-state index in [0.717, 1.165) is 41.9 Å². The number of hydrogen-bond acceptors (Lipinski definition) is 4. The fourth-order valence-corrected chi connectivity index (χ4v) is 3.30. The summed E-state index contributed by atoms with van der Waals surface area (Å²) in [6.07, 6.45) is 3.24. The SMILES string of the molecule is Cc1oc(-c2ccccc2)nc1CC(=O)Nc1c2c(nn1C)CCC2. The number of nitrogens with zero attached hydrogens (tertiary/aromatic N) is 3. The van der Waals surface area contributed by atoms with Crippen LogP contribution in [0.1, 0.15) is 29.1 Å². The van der Waals surface area contributed by atoms with Gasteiger partial charge in [0.15, 0.2) is 0 Å². The highest BCUT2D eigenvalue weighted by atomic mass is 16.4. The fraction of sp³-hybridized carbons (Fsp3) is 0.316. The van der Waals surface area contributed by atoms with Crippen LogP contribution in [-0.2, 0) is 31.1 Å². The molecule has 128 valence electrons. The number of aromatic nitrogens is 3. The number of anilines is 1. The lowest BCUT2D eigenvalue weighted by molar-refractivity contribution is -0.115. The van der Waals surface area contributed by atoms with Crippen LogP contribution in [0.3, 0.4) is 0 Å². The molecule has 3 aromatic rings. The number of rotatable bonds is 4. The van der Waals surface area contributed by atoms with Crippen molar-refractivity contribution in [2.45, 2.75) is 32.6 Å². The molecule has 0 spiro atoms. The first-order valence-electron chi connectivity index (χ1n) is 8.48. The van der Waals surface area contributed by atoms with Gasteiger partial charge in [-0.3, -0.25) is 9.48 Å². The van der Waals surface area contributed by atoms with Gasteiger partial charge in [-0.1, -0.05) is 18.2 Å². The predicted molar refractivity (Wildman–Crippen MR) is 94.2 cm³/mol. The summed E-state index contributed by atoms with van der Waals surface area (Å²) < 4.78 is 7.48. The second-order valence-electron chi connectivity index (χ2n) is 6.36. The van der Waals surface area contributed by atoms with Gasteiger partial charge in [0.2, 0.25) is 11.8 Å². The summed E-state index contributed by atoms with van der Waals surface area (Å²) >= 11 is 0. The molecule has 2 aromatic heterocycles. The van der Waals surface area contributed by atoms with Crippen LogP contribution < -0.4 is 5.32 Å². The zero-order valence-corrected chi connectivity index (χ0v) is 14.4. The third kappa shape index (κ3) is 2.95. The molecule has 4 rings (SSSR count). The number of amides is 1. The highest BCUT2D eigenvalue weighted by Gasteiger charge is 2.23. The Morgan fingerprint density at radius 2 is 2.08 bits per heavy atom. The number of aryl methyl sites for hydroxylation is 3. The molecule has 0 unspecified atom stereocenters. The van der Waals surface area contributed by atoms with E-state index in [2.05, 4.69) is 15.4 Å². The van der Waals surface area contributed by atoms with E-state index in [0.29, 0.717) is 17.3 Å². The van der Waals surface area contributed by atoms with Crippen molar-refractivity contribution in [3.05, 3.63) is 53.0 Å². The van der Waals surface area contributed by atoms with Gasteiger partial charge in [-0.25, -0.2) is 4.98 Å². The van der Waals surface area contributed by atoms with Gasteiger partial charge in [-0.15, -0.1) is 0 Å². The summed E-state index contributed by atoms with van der Waals surface area (Å²) in [5.74, 6) is 1.92. The van der Waals surface area contributed by atoms with Crippen molar-refractivity contribution < 1.29 is 9.21 Å². The molecular formula is C19H20N4O2. The molecule has 1 aliphatic carbocycles. The number of fused-ring (bicyclic) bond motifs is 1. The van der Waals surface area contributed by atoms with Crippen LogP contribution >= 0.6 is 0 Å². The summed E-state index contributed by atoms with van der Waals surface area (Å²) in [4.78, 5) is 17.0. The minimum Gasteiger partial charge on any atom is -0.441 e. The van der Waals surface area contributed by atoms with E-state index in [1.54, 1.807) is 4.68 Å². The third-order valence-corrected chi connectivity index (χ3v) is 4.57. The van der Waals surface area contributed by atoms with E-state index in [1.807, 2.05) is 44.3 Å². The van der Waals surface area contributed by atoms with Crippen LogP contribution in [-0.4, -0.2) is 20.7 Å². The van der Waals surface area contributed by atoms with Crippen LogP contribution in [0, 0.1) is 6.92 Å². The molecule has 0 saturated carbocycles. The van der Waals surface area contributed by atoms with Crippen molar-refractivity contribution in [1.29, 1.82) is 0 Å². The number of hydrogen-bond donors (Lipinski definition) is 1. The Morgan fingerprint density at radius 3 is 2.88 bits per heavy atom. The molecule has 0 radical (unpaired) electrons. The van der Waals surface area contributed by atoms with Crippen LogP contribution in [0.5, 0.6) is 0 Å². The van der Waals surface area contributed by atoms with E-state index in [-0.39, 0.29) is 12.3 Å². The predicted octanol–water partition coefficient (Wildman–Crippen LogP) is 3.05. The van der Waals surface area contributed by atoms with Crippen LogP contribution in [0.15, 0.2) is 34.7 Å². The Morgan fingerprint density at radius 1 is 1.28 bits per heavy atom. The second kappa shape index (κ2) is 6.20. The molecule has 0 bridgehead atoms. The third-order valence-electron chi connectivity index (χ3n) is 4.57. The number of oxazole rings is 1. The lowest BCUT2D eigenvalue weighted by atomic mass is 10.2. The lowest BCUT2D eigenvalue weighted by Gasteiger charge is -2.06. The maximum absolute atomic E-state index is 12.5. The molecule has 2 heterocycles. The van der Waals surface area contributed by atoms with E-state index in [4.69, 9.17) is 4.42 Å². The molecule has 6 nitrogen and oxygen atoms in total. The van der Waals surface area contributed by atoms with E-state index >= 15 is 0 Å². The molecule has 1 aromatic carbocycles. The molecule has 1 aliphatic rings. The van der Waals surface area contributed by atoms with Gasteiger partial charge in [0.05, 0.1) is 17.8 Å². The van der Waals surface area contributed by atoms with Crippen LogP contribution in [0.4, 0.5) is 5.82 Å². The summed E-state index contributed by atoms with van der Waals surface area (Å²) in [6.45, 7) is 1.84. The van der Waals surface area contributed by atoms with Gasteiger partial charge in [0.25, 0.3) is 0 Å². The Balaban J connectivity index is 1.51. The Hall–Kier alpha value is -2.89.